The Bertz CT molecular complexity index is 551. The molecule has 0 aliphatic rings. The summed E-state index contributed by atoms with van der Waals surface area (Å²) < 4.78 is 2.00. The molecule has 1 heterocycles. The highest BCUT2D eigenvalue weighted by Crippen LogP contribution is 2.24. The number of hydrogen-bond donors (Lipinski definition) is 1. The van der Waals surface area contributed by atoms with Gasteiger partial charge in [-0.05, 0) is 51.4 Å². The van der Waals surface area contributed by atoms with Gasteiger partial charge in [0.25, 0.3) is 0 Å². The number of nitrogens with zero attached hydrogens (tertiary/aromatic N) is 3. The summed E-state index contributed by atoms with van der Waals surface area (Å²) in [6.07, 6.45) is 2.49. The van der Waals surface area contributed by atoms with Gasteiger partial charge in [-0.25, -0.2) is 9.67 Å². The molecular weight excluding hydrogens is 248 g/mol. The Morgan fingerprint density at radius 3 is 2.40 bits per heavy atom. The fourth-order valence-corrected chi connectivity index (χ4v) is 2.76. The molecule has 0 fully saturated rings. The Balaban J connectivity index is 2.32. The lowest BCUT2D eigenvalue weighted by atomic mass is 9.94. The van der Waals surface area contributed by atoms with Crippen molar-refractivity contribution in [1.29, 1.82) is 0 Å². The van der Waals surface area contributed by atoms with Gasteiger partial charge in [-0.1, -0.05) is 18.2 Å². The molecule has 0 bridgehead atoms. The first kappa shape index (κ1) is 14.7. The fourth-order valence-electron chi connectivity index (χ4n) is 2.76. The van der Waals surface area contributed by atoms with Gasteiger partial charge in [0, 0.05) is 18.5 Å². The second-order valence-electron chi connectivity index (χ2n) is 5.57. The number of likely N-dealkylation sites (N-methyl/N-ethyl adjacent to an activating group) is 1. The van der Waals surface area contributed by atoms with Gasteiger partial charge >= 0.3 is 0 Å². The molecule has 2 rings (SSSR count). The number of hydrogen-bond acceptors (Lipinski definition) is 3. The molecule has 0 aliphatic heterocycles. The van der Waals surface area contributed by atoms with Gasteiger partial charge in [0.15, 0.2) is 0 Å². The Labute approximate surface area is 121 Å². The van der Waals surface area contributed by atoms with Crippen LogP contribution in [0.2, 0.25) is 0 Å². The minimum absolute atomic E-state index is 0.262. The summed E-state index contributed by atoms with van der Waals surface area (Å²) in [4.78, 5) is 4.42. The fraction of sp³-hybridized carbons (Fsp3) is 0.500. The maximum absolute atomic E-state index is 4.42. The third-order valence-corrected chi connectivity index (χ3v) is 3.76. The largest absolute Gasteiger partial charge is 0.313 e. The molecule has 0 saturated carbocycles. The van der Waals surface area contributed by atoms with Crippen LogP contribution in [0, 0.1) is 13.8 Å². The standard InChI is InChI=1S/C16H24N4/c1-11(2)20-15(18-10-19-20)9-14(17-5)16-12(3)7-6-8-13(16)4/h6-8,10-11,14,17H,9H2,1-5H3. The van der Waals surface area contributed by atoms with Crippen LogP contribution in [0.15, 0.2) is 24.5 Å². The molecule has 20 heavy (non-hydrogen) atoms. The number of aryl methyl sites for hydroxylation is 2. The summed E-state index contributed by atoms with van der Waals surface area (Å²) >= 11 is 0. The van der Waals surface area contributed by atoms with Crippen LogP contribution in [0.3, 0.4) is 0 Å². The van der Waals surface area contributed by atoms with Crippen molar-refractivity contribution in [2.24, 2.45) is 0 Å². The molecule has 0 radical (unpaired) electrons. The lowest BCUT2D eigenvalue weighted by molar-refractivity contribution is 0.476. The van der Waals surface area contributed by atoms with Crippen LogP contribution in [0.4, 0.5) is 0 Å². The number of benzene rings is 1. The predicted molar refractivity (Wildman–Crippen MR) is 81.8 cm³/mol. The molecule has 1 atom stereocenters. The first-order chi connectivity index (χ1) is 9.54. The van der Waals surface area contributed by atoms with Crippen LogP contribution in [-0.4, -0.2) is 21.8 Å². The van der Waals surface area contributed by atoms with Crippen LogP contribution >= 0.6 is 0 Å². The average Bonchev–Trinajstić information content (AvgIpc) is 2.85. The Hall–Kier alpha value is -1.68. The van der Waals surface area contributed by atoms with E-state index in [0.29, 0.717) is 6.04 Å². The van der Waals surface area contributed by atoms with E-state index in [1.165, 1.54) is 16.7 Å². The monoisotopic (exact) mass is 272 g/mol. The minimum Gasteiger partial charge on any atom is -0.313 e. The number of rotatable bonds is 5. The van der Waals surface area contributed by atoms with E-state index >= 15 is 0 Å². The topological polar surface area (TPSA) is 42.7 Å². The lowest BCUT2D eigenvalue weighted by Gasteiger charge is -2.21. The number of nitrogens with one attached hydrogen (secondary N) is 1. The van der Waals surface area contributed by atoms with Crippen molar-refractivity contribution < 1.29 is 0 Å². The van der Waals surface area contributed by atoms with Crippen molar-refractivity contribution in [3.63, 3.8) is 0 Å². The summed E-state index contributed by atoms with van der Waals surface area (Å²) in [6.45, 7) is 8.59. The van der Waals surface area contributed by atoms with Gasteiger partial charge in [0.2, 0.25) is 0 Å². The van der Waals surface area contributed by atoms with Gasteiger partial charge < -0.3 is 5.32 Å². The number of aromatic nitrogens is 3. The highest BCUT2D eigenvalue weighted by Gasteiger charge is 2.18. The van der Waals surface area contributed by atoms with Crippen molar-refractivity contribution in [2.75, 3.05) is 7.05 Å². The summed E-state index contributed by atoms with van der Waals surface area (Å²) in [5.41, 5.74) is 4.01. The Morgan fingerprint density at radius 2 is 1.85 bits per heavy atom. The molecule has 1 unspecified atom stereocenters. The molecule has 1 N–H and O–H groups in total. The zero-order chi connectivity index (χ0) is 14.7. The van der Waals surface area contributed by atoms with Gasteiger partial charge in [-0.15, -0.1) is 0 Å². The molecule has 0 amide bonds. The SMILES string of the molecule is CNC(Cc1ncnn1C(C)C)c1c(C)cccc1C. The minimum atomic E-state index is 0.262. The van der Waals surface area contributed by atoms with Crippen molar-refractivity contribution >= 4 is 0 Å². The zero-order valence-electron chi connectivity index (χ0n) is 13.0. The van der Waals surface area contributed by atoms with E-state index in [0.717, 1.165) is 12.2 Å². The molecule has 0 spiro atoms. The first-order valence-corrected chi connectivity index (χ1v) is 7.16. The van der Waals surface area contributed by atoms with Gasteiger partial charge in [-0.2, -0.15) is 5.10 Å². The van der Waals surface area contributed by atoms with E-state index in [1.54, 1.807) is 6.33 Å². The summed E-state index contributed by atoms with van der Waals surface area (Å²) in [5.74, 6) is 1.03. The van der Waals surface area contributed by atoms with E-state index in [9.17, 15) is 0 Å². The maximum atomic E-state index is 4.42. The molecule has 1 aromatic carbocycles. The van der Waals surface area contributed by atoms with Crippen LogP contribution in [-0.2, 0) is 6.42 Å². The highest BCUT2D eigenvalue weighted by molar-refractivity contribution is 5.36. The van der Waals surface area contributed by atoms with E-state index < -0.39 is 0 Å². The first-order valence-electron chi connectivity index (χ1n) is 7.16. The maximum Gasteiger partial charge on any atom is 0.138 e. The van der Waals surface area contributed by atoms with Crippen LogP contribution in [0.1, 0.15) is 48.4 Å². The molecule has 0 saturated heterocycles. The molecule has 4 heteroatoms. The second-order valence-corrected chi connectivity index (χ2v) is 5.57. The molecule has 2 aromatic rings. The molecule has 4 nitrogen and oxygen atoms in total. The summed E-state index contributed by atoms with van der Waals surface area (Å²) in [6, 6.07) is 7.04. The second kappa shape index (κ2) is 6.18. The van der Waals surface area contributed by atoms with E-state index in [1.807, 2.05) is 11.7 Å². The summed E-state index contributed by atoms with van der Waals surface area (Å²) in [5, 5.41) is 7.74. The van der Waals surface area contributed by atoms with Crippen LogP contribution in [0.5, 0.6) is 0 Å². The molecule has 108 valence electrons. The zero-order valence-corrected chi connectivity index (χ0v) is 13.0. The predicted octanol–water partition coefficient (Wildman–Crippen LogP) is 2.98. The Kier molecular flexibility index (Phi) is 4.55. The third-order valence-electron chi connectivity index (χ3n) is 3.76. The molecule has 0 aliphatic carbocycles. The van der Waals surface area contributed by atoms with Gasteiger partial charge in [0.1, 0.15) is 12.2 Å². The average molecular weight is 272 g/mol. The van der Waals surface area contributed by atoms with Crippen molar-refractivity contribution in [3.8, 4) is 0 Å². The van der Waals surface area contributed by atoms with E-state index in [2.05, 4.69) is 61.3 Å². The van der Waals surface area contributed by atoms with Crippen molar-refractivity contribution in [2.45, 2.75) is 46.2 Å². The smallest absolute Gasteiger partial charge is 0.138 e. The highest BCUT2D eigenvalue weighted by atomic mass is 15.3. The lowest BCUT2D eigenvalue weighted by Crippen LogP contribution is -2.23. The van der Waals surface area contributed by atoms with Crippen LogP contribution in [0.25, 0.3) is 0 Å². The quantitative estimate of drug-likeness (QED) is 0.910. The van der Waals surface area contributed by atoms with Crippen molar-refractivity contribution in [1.82, 2.24) is 20.1 Å². The molecule has 1 aromatic heterocycles. The molecular formula is C16H24N4. The van der Waals surface area contributed by atoms with Gasteiger partial charge in [0.05, 0.1) is 0 Å². The normalized spacial score (nSPS) is 12.9. The van der Waals surface area contributed by atoms with Crippen LogP contribution < -0.4 is 5.32 Å². The van der Waals surface area contributed by atoms with Gasteiger partial charge in [-0.3, -0.25) is 0 Å². The van der Waals surface area contributed by atoms with E-state index in [4.69, 9.17) is 0 Å². The Morgan fingerprint density at radius 1 is 1.20 bits per heavy atom. The van der Waals surface area contributed by atoms with E-state index in [-0.39, 0.29) is 6.04 Å². The van der Waals surface area contributed by atoms with Crippen molar-refractivity contribution in [3.05, 3.63) is 47.0 Å². The summed E-state index contributed by atoms with van der Waals surface area (Å²) in [7, 11) is 2.01. The third kappa shape index (κ3) is 2.90.